The maximum atomic E-state index is 11.0. The standard InChI is InChI=1S/C13H11BrN2O2/c1-8-5-12(16-7-11(8)14)18-10-4-2-3-9(6-10)13(15)17/h2-7H,1H3,(H2,15,17). The van der Waals surface area contributed by atoms with Gasteiger partial charge in [-0.3, -0.25) is 4.79 Å². The van der Waals surface area contributed by atoms with Gasteiger partial charge in [0.2, 0.25) is 11.8 Å². The van der Waals surface area contributed by atoms with Gasteiger partial charge in [0, 0.05) is 22.3 Å². The Hall–Kier alpha value is -1.88. The van der Waals surface area contributed by atoms with Gasteiger partial charge in [-0.2, -0.15) is 0 Å². The Labute approximate surface area is 113 Å². The summed E-state index contributed by atoms with van der Waals surface area (Å²) in [5.41, 5.74) is 6.63. The van der Waals surface area contributed by atoms with E-state index in [9.17, 15) is 4.79 Å². The lowest BCUT2D eigenvalue weighted by molar-refractivity contribution is 0.1000. The zero-order valence-corrected chi connectivity index (χ0v) is 11.3. The summed E-state index contributed by atoms with van der Waals surface area (Å²) >= 11 is 3.37. The van der Waals surface area contributed by atoms with E-state index in [1.54, 1.807) is 36.5 Å². The van der Waals surface area contributed by atoms with Crippen molar-refractivity contribution >= 4 is 21.8 Å². The predicted octanol–water partition coefficient (Wildman–Crippen LogP) is 3.04. The second-order valence-electron chi connectivity index (χ2n) is 3.77. The molecule has 1 aromatic carbocycles. The summed E-state index contributed by atoms with van der Waals surface area (Å²) in [5, 5.41) is 0. The molecule has 0 aliphatic heterocycles. The first-order chi connectivity index (χ1) is 8.56. The van der Waals surface area contributed by atoms with Crippen LogP contribution in [0.15, 0.2) is 41.0 Å². The van der Waals surface area contributed by atoms with Gasteiger partial charge in [-0.05, 0) is 46.6 Å². The van der Waals surface area contributed by atoms with E-state index in [1.165, 1.54) is 0 Å². The summed E-state index contributed by atoms with van der Waals surface area (Å²) < 4.78 is 6.48. The van der Waals surface area contributed by atoms with Crippen molar-refractivity contribution in [2.45, 2.75) is 6.92 Å². The summed E-state index contributed by atoms with van der Waals surface area (Å²) in [4.78, 5) is 15.2. The first kappa shape index (κ1) is 12.6. The largest absolute Gasteiger partial charge is 0.439 e. The topological polar surface area (TPSA) is 65.2 Å². The number of amides is 1. The molecule has 0 saturated carbocycles. The number of halogens is 1. The molecule has 0 unspecified atom stereocenters. The number of primary amides is 1. The van der Waals surface area contributed by atoms with Crippen molar-refractivity contribution in [2.75, 3.05) is 0 Å². The van der Waals surface area contributed by atoms with E-state index in [1.807, 2.05) is 6.92 Å². The second kappa shape index (κ2) is 5.18. The SMILES string of the molecule is Cc1cc(Oc2cccc(C(N)=O)c2)ncc1Br. The molecule has 2 aromatic rings. The van der Waals surface area contributed by atoms with Crippen LogP contribution < -0.4 is 10.5 Å². The lowest BCUT2D eigenvalue weighted by Crippen LogP contribution is -2.10. The Morgan fingerprint density at radius 3 is 2.83 bits per heavy atom. The molecule has 2 rings (SSSR count). The van der Waals surface area contributed by atoms with Crippen molar-refractivity contribution in [1.82, 2.24) is 4.98 Å². The van der Waals surface area contributed by atoms with Gasteiger partial charge in [0.05, 0.1) is 0 Å². The van der Waals surface area contributed by atoms with Crippen molar-refractivity contribution < 1.29 is 9.53 Å². The summed E-state index contributed by atoms with van der Waals surface area (Å²) in [6, 6.07) is 8.48. The fraction of sp³-hybridized carbons (Fsp3) is 0.0769. The first-order valence-corrected chi connectivity index (χ1v) is 6.05. The fourth-order valence-corrected chi connectivity index (χ4v) is 1.62. The number of nitrogens with zero attached hydrogens (tertiary/aromatic N) is 1. The quantitative estimate of drug-likeness (QED) is 0.948. The monoisotopic (exact) mass is 306 g/mol. The maximum Gasteiger partial charge on any atom is 0.248 e. The van der Waals surface area contributed by atoms with Crippen LogP contribution in [0, 0.1) is 6.92 Å². The first-order valence-electron chi connectivity index (χ1n) is 5.26. The Balaban J connectivity index is 2.25. The van der Waals surface area contributed by atoms with Crippen LogP contribution in [-0.2, 0) is 0 Å². The van der Waals surface area contributed by atoms with Crippen molar-refractivity contribution in [3.05, 3.63) is 52.1 Å². The van der Waals surface area contributed by atoms with Gasteiger partial charge in [0.15, 0.2) is 0 Å². The smallest absolute Gasteiger partial charge is 0.248 e. The molecule has 0 saturated heterocycles. The summed E-state index contributed by atoms with van der Waals surface area (Å²) in [5.74, 6) is 0.512. The number of aromatic nitrogens is 1. The lowest BCUT2D eigenvalue weighted by atomic mass is 10.2. The van der Waals surface area contributed by atoms with E-state index in [0.717, 1.165) is 10.0 Å². The summed E-state index contributed by atoms with van der Waals surface area (Å²) in [6.45, 7) is 1.94. The van der Waals surface area contributed by atoms with Gasteiger partial charge >= 0.3 is 0 Å². The molecule has 0 radical (unpaired) electrons. The van der Waals surface area contributed by atoms with Crippen LogP contribution >= 0.6 is 15.9 Å². The zero-order valence-electron chi connectivity index (χ0n) is 9.68. The second-order valence-corrected chi connectivity index (χ2v) is 4.62. The predicted molar refractivity (Wildman–Crippen MR) is 71.7 cm³/mol. The van der Waals surface area contributed by atoms with Gasteiger partial charge in [0.1, 0.15) is 5.75 Å². The number of carbonyl (C=O) groups is 1. The van der Waals surface area contributed by atoms with Crippen molar-refractivity contribution in [1.29, 1.82) is 0 Å². The van der Waals surface area contributed by atoms with Crippen molar-refractivity contribution in [3.63, 3.8) is 0 Å². The van der Waals surface area contributed by atoms with E-state index in [2.05, 4.69) is 20.9 Å². The zero-order chi connectivity index (χ0) is 13.1. The number of pyridine rings is 1. The Morgan fingerprint density at radius 1 is 1.39 bits per heavy atom. The van der Waals surface area contributed by atoms with Crippen LogP contribution in [-0.4, -0.2) is 10.9 Å². The molecule has 0 atom stereocenters. The minimum atomic E-state index is -0.486. The minimum Gasteiger partial charge on any atom is -0.439 e. The van der Waals surface area contributed by atoms with E-state index in [4.69, 9.17) is 10.5 Å². The summed E-state index contributed by atoms with van der Waals surface area (Å²) in [6.07, 6.45) is 1.67. The third kappa shape index (κ3) is 2.87. The number of hydrogen-bond acceptors (Lipinski definition) is 3. The van der Waals surface area contributed by atoms with E-state index in [0.29, 0.717) is 17.2 Å². The molecule has 0 fully saturated rings. The highest BCUT2D eigenvalue weighted by molar-refractivity contribution is 9.10. The Morgan fingerprint density at radius 2 is 2.17 bits per heavy atom. The van der Waals surface area contributed by atoms with Gasteiger partial charge in [-0.25, -0.2) is 4.98 Å². The van der Waals surface area contributed by atoms with Crippen LogP contribution in [0.1, 0.15) is 15.9 Å². The van der Waals surface area contributed by atoms with Crippen LogP contribution in [0.25, 0.3) is 0 Å². The molecule has 1 aromatic heterocycles. The van der Waals surface area contributed by atoms with E-state index < -0.39 is 5.91 Å². The van der Waals surface area contributed by atoms with Crippen LogP contribution in [0.2, 0.25) is 0 Å². The number of carbonyl (C=O) groups excluding carboxylic acids is 1. The van der Waals surface area contributed by atoms with Gasteiger partial charge in [-0.1, -0.05) is 6.07 Å². The van der Waals surface area contributed by atoms with Gasteiger partial charge in [-0.15, -0.1) is 0 Å². The van der Waals surface area contributed by atoms with E-state index in [-0.39, 0.29) is 0 Å². The average molecular weight is 307 g/mol. The lowest BCUT2D eigenvalue weighted by Gasteiger charge is -2.07. The molecule has 1 amide bonds. The normalized spacial score (nSPS) is 10.1. The molecule has 5 heteroatoms. The highest BCUT2D eigenvalue weighted by Crippen LogP contribution is 2.24. The minimum absolute atomic E-state index is 0.404. The van der Waals surface area contributed by atoms with E-state index >= 15 is 0 Å². The number of ether oxygens (including phenoxy) is 1. The molecule has 1 heterocycles. The number of nitrogens with two attached hydrogens (primary N) is 1. The van der Waals surface area contributed by atoms with Gasteiger partial charge in [0.25, 0.3) is 0 Å². The molecule has 18 heavy (non-hydrogen) atoms. The molecule has 4 nitrogen and oxygen atoms in total. The molecule has 0 bridgehead atoms. The average Bonchev–Trinajstić information content (AvgIpc) is 2.34. The maximum absolute atomic E-state index is 11.0. The highest BCUT2D eigenvalue weighted by Gasteiger charge is 2.05. The third-order valence-corrected chi connectivity index (χ3v) is 3.19. The number of hydrogen-bond donors (Lipinski definition) is 1. The highest BCUT2D eigenvalue weighted by atomic mass is 79.9. The molecular weight excluding hydrogens is 296 g/mol. The third-order valence-electron chi connectivity index (χ3n) is 2.36. The molecule has 0 aliphatic rings. The van der Waals surface area contributed by atoms with Gasteiger partial charge < -0.3 is 10.5 Å². The molecule has 0 spiro atoms. The van der Waals surface area contributed by atoms with Crippen molar-refractivity contribution in [2.24, 2.45) is 5.73 Å². The molecule has 2 N–H and O–H groups in total. The summed E-state index contributed by atoms with van der Waals surface area (Å²) in [7, 11) is 0. The number of aryl methyl sites for hydroxylation is 1. The number of benzene rings is 1. The molecule has 92 valence electrons. The van der Waals surface area contributed by atoms with Crippen LogP contribution in [0.5, 0.6) is 11.6 Å². The van der Waals surface area contributed by atoms with Crippen LogP contribution in [0.4, 0.5) is 0 Å². The fourth-order valence-electron chi connectivity index (χ4n) is 1.40. The van der Waals surface area contributed by atoms with Crippen molar-refractivity contribution in [3.8, 4) is 11.6 Å². The Kier molecular flexibility index (Phi) is 3.62. The van der Waals surface area contributed by atoms with Crippen LogP contribution in [0.3, 0.4) is 0 Å². The Bertz CT molecular complexity index is 599. The molecule has 0 aliphatic carbocycles. The number of rotatable bonds is 3. The molecular formula is C13H11BrN2O2.